The fourth-order valence-corrected chi connectivity index (χ4v) is 2.46. The van der Waals surface area contributed by atoms with Gasteiger partial charge in [-0.15, -0.1) is 11.3 Å². The lowest BCUT2D eigenvalue weighted by Crippen LogP contribution is -2.22. The van der Waals surface area contributed by atoms with E-state index in [1.165, 1.54) is 24.3 Å². The van der Waals surface area contributed by atoms with Crippen molar-refractivity contribution in [3.63, 3.8) is 0 Å². The fraction of sp³-hybridized carbons (Fsp3) is 0.727. The minimum Gasteiger partial charge on any atom is -0.381 e. The van der Waals surface area contributed by atoms with E-state index in [0.29, 0.717) is 0 Å². The molecule has 0 aromatic carbocycles. The van der Waals surface area contributed by atoms with E-state index in [2.05, 4.69) is 10.3 Å². The first-order valence-electron chi connectivity index (χ1n) is 5.62. The number of ether oxygens (including phenoxy) is 1. The molecule has 2 heterocycles. The molecule has 0 radical (unpaired) electrons. The summed E-state index contributed by atoms with van der Waals surface area (Å²) in [5.74, 6) is 0.863. The molecule has 2 rings (SSSR count). The number of hydrogen-bond acceptors (Lipinski definition) is 4. The van der Waals surface area contributed by atoms with Crippen LogP contribution in [-0.2, 0) is 11.3 Å². The second-order valence-electron chi connectivity index (χ2n) is 3.95. The van der Waals surface area contributed by atoms with Gasteiger partial charge in [0.1, 0.15) is 5.01 Å². The summed E-state index contributed by atoms with van der Waals surface area (Å²) in [6.45, 7) is 3.93. The van der Waals surface area contributed by atoms with Crippen LogP contribution in [0, 0.1) is 5.92 Å². The summed E-state index contributed by atoms with van der Waals surface area (Å²) < 4.78 is 5.34. The van der Waals surface area contributed by atoms with E-state index in [0.717, 1.165) is 32.2 Å². The van der Waals surface area contributed by atoms with E-state index < -0.39 is 0 Å². The third-order valence-electron chi connectivity index (χ3n) is 2.83. The Labute approximate surface area is 94.9 Å². The molecule has 84 valence electrons. The Morgan fingerprint density at radius 3 is 3.07 bits per heavy atom. The lowest BCUT2D eigenvalue weighted by atomic mass is 9.97. The Morgan fingerprint density at radius 1 is 1.47 bits per heavy atom. The maximum atomic E-state index is 5.34. The Bertz CT molecular complexity index is 258. The minimum absolute atomic E-state index is 0.863. The highest BCUT2D eigenvalue weighted by atomic mass is 32.1. The Kier molecular flexibility index (Phi) is 4.57. The number of nitrogens with one attached hydrogen (secondary N) is 1. The molecule has 0 bridgehead atoms. The molecule has 1 fully saturated rings. The van der Waals surface area contributed by atoms with Crippen LogP contribution in [0.5, 0.6) is 0 Å². The van der Waals surface area contributed by atoms with E-state index in [1.807, 2.05) is 11.6 Å². The van der Waals surface area contributed by atoms with Gasteiger partial charge in [-0.3, -0.25) is 0 Å². The number of rotatable bonds is 5. The van der Waals surface area contributed by atoms with Crippen molar-refractivity contribution in [1.29, 1.82) is 0 Å². The summed E-state index contributed by atoms with van der Waals surface area (Å²) in [7, 11) is 0. The van der Waals surface area contributed by atoms with Gasteiger partial charge in [0.15, 0.2) is 0 Å². The normalized spacial score (nSPS) is 18.1. The molecule has 4 heteroatoms. The summed E-state index contributed by atoms with van der Waals surface area (Å²) in [4.78, 5) is 4.24. The van der Waals surface area contributed by atoms with E-state index >= 15 is 0 Å². The molecular weight excluding hydrogens is 208 g/mol. The predicted octanol–water partition coefficient (Wildman–Crippen LogP) is 2.05. The van der Waals surface area contributed by atoms with Crippen molar-refractivity contribution in [1.82, 2.24) is 10.3 Å². The van der Waals surface area contributed by atoms with Crippen LogP contribution in [0.1, 0.15) is 24.3 Å². The van der Waals surface area contributed by atoms with Gasteiger partial charge >= 0.3 is 0 Å². The molecule has 3 nitrogen and oxygen atoms in total. The smallest absolute Gasteiger partial charge is 0.106 e. The van der Waals surface area contributed by atoms with Crippen LogP contribution in [0.2, 0.25) is 0 Å². The zero-order valence-corrected chi connectivity index (χ0v) is 9.76. The second-order valence-corrected chi connectivity index (χ2v) is 4.93. The molecule has 0 amide bonds. The van der Waals surface area contributed by atoms with Crippen LogP contribution in [0.3, 0.4) is 0 Å². The van der Waals surface area contributed by atoms with Crippen molar-refractivity contribution in [2.75, 3.05) is 19.8 Å². The second kappa shape index (κ2) is 6.20. The number of aromatic nitrogens is 1. The van der Waals surface area contributed by atoms with Crippen molar-refractivity contribution in [2.24, 2.45) is 5.92 Å². The van der Waals surface area contributed by atoms with Crippen molar-refractivity contribution < 1.29 is 4.74 Å². The number of thiazole rings is 1. The average Bonchev–Trinajstić information content (AvgIpc) is 2.79. The SMILES string of the molecule is c1csc(CNCCC2CCOCC2)n1. The first-order chi connectivity index (χ1) is 7.45. The first kappa shape index (κ1) is 11.0. The predicted molar refractivity (Wildman–Crippen MR) is 62.0 cm³/mol. The van der Waals surface area contributed by atoms with E-state index in [9.17, 15) is 0 Å². The van der Waals surface area contributed by atoms with Gasteiger partial charge < -0.3 is 10.1 Å². The van der Waals surface area contributed by atoms with Crippen molar-refractivity contribution >= 4 is 11.3 Å². The van der Waals surface area contributed by atoms with Gasteiger partial charge in [-0.05, 0) is 31.7 Å². The topological polar surface area (TPSA) is 34.1 Å². The molecule has 0 aliphatic carbocycles. The van der Waals surface area contributed by atoms with Crippen LogP contribution in [-0.4, -0.2) is 24.7 Å². The van der Waals surface area contributed by atoms with E-state index in [1.54, 1.807) is 11.3 Å². The lowest BCUT2D eigenvalue weighted by Gasteiger charge is -2.21. The molecule has 0 saturated carbocycles. The molecule has 0 spiro atoms. The largest absolute Gasteiger partial charge is 0.381 e. The van der Waals surface area contributed by atoms with Gasteiger partial charge in [0, 0.05) is 31.3 Å². The van der Waals surface area contributed by atoms with Crippen molar-refractivity contribution in [3.8, 4) is 0 Å². The quantitative estimate of drug-likeness (QED) is 0.780. The summed E-state index contributed by atoms with van der Waals surface area (Å²) in [6.07, 6.45) is 5.60. The standard InChI is InChI=1S/C11H18N2OS/c1(10-2-6-14-7-3-10)4-12-9-11-13-5-8-15-11/h5,8,10,12H,1-4,6-7,9H2. The highest BCUT2D eigenvalue weighted by molar-refractivity contribution is 7.09. The van der Waals surface area contributed by atoms with Gasteiger partial charge in [-0.2, -0.15) is 0 Å². The zero-order chi connectivity index (χ0) is 10.3. The van der Waals surface area contributed by atoms with Gasteiger partial charge in [0.2, 0.25) is 0 Å². The maximum absolute atomic E-state index is 5.34. The van der Waals surface area contributed by atoms with Crippen molar-refractivity contribution in [3.05, 3.63) is 16.6 Å². The Balaban J connectivity index is 1.54. The fourth-order valence-electron chi connectivity index (χ4n) is 1.88. The molecule has 1 aromatic rings. The summed E-state index contributed by atoms with van der Waals surface area (Å²) in [6, 6.07) is 0. The van der Waals surface area contributed by atoms with Crippen LogP contribution < -0.4 is 5.32 Å². The zero-order valence-electron chi connectivity index (χ0n) is 8.95. The van der Waals surface area contributed by atoms with Gasteiger partial charge in [-0.25, -0.2) is 4.98 Å². The van der Waals surface area contributed by atoms with Crippen LogP contribution in [0.15, 0.2) is 11.6 Å². The maximum Gasteiger partial charge on any atom is 0.106 e. The molecule has 1 aromatic heterocycles. The number of nitrogens with zero attached hydrogens (tertiary/aromatic N) is 1. The Morgan fingerprint density at radius 2 is 2.33 bits per heavy atom. The van der Waals surface area contributed by atoms with E-state index in [-0.39, 0.29) is 0 Å². The van der Waals surface area contributed by atoms with Crippen molar-refractivity contribution in [2.45, 2.75) is 25.8 Å². The summed E-state index contributed by atoms with van der Waals surface area (Å²) in [5, 5.41) is 6.65. The first-order valence-corrected chi connectivity index (χ1v) is 6.50. The molecule has 1 saturated heterocycles. The minimum atomic E-state index is 0.863. The molecule has 15 heavy (non-hydrogen) atoms. The highest BCUT2D eigenvalue weighted by Crippen LogP contribution is 2.17. The van der Waals surface area contributed by atoms with Crippen LogP contribution in [0.4, 0.5) is 0 Å². The average molecular weight is 226 g/mol. The molecule has 0 atom stereocenters. The summed E-state index contributed by atoms with van der Waals surface area (Å²) >= 11 is 1.72. The number of hydrogen-bond donors (Lipinski definition) is 1. The van der Waals surface area contributed by atoms with Gasteiger partial charge in [0.25, 0.3) is 0 Å². The third-order valence-corrected chi connectivity index (χ3v) is 3.61. The molecular formula is C11H18N2OS. The monoisotopic (exact) mass is 226 g/mol. The summed E-state index contributed by atoms with van der Waals surface area (Å²) in [5.41, 5.74) is 0. The molecule has 1 aliphatic heterocycles. The van der Waals surface area contributed by atoms with E-state index in [4.69, 9.17) is 4.74 Å². The van der Waals surface area contributed by atoms with Crippen LogP contribution >= 0.6 is 11.3 Å². The molecule has 0 unspecified atom stereocenters. The third kappa shape index (κ3) is 3.89. The molecule has 1 aliphatic rings. The van der Waals surface area contributed by atoms with Crippen LogP contribution in [0.25, 0.3) is 0 Å². The Hall–Kier alpha value is -0.450. The van der Waals surface area contributed by atoms with Gasteiger partial charge in [-0.1, -0.05) is 0 Å². The lowest BCUT2D eigenvalue weighted by molar-refractivity contribution is 0.0639. The molecule has 1 N–H and O–H groups in total. The van der Waals surface area contributed by atoms with Gasteiger partial charge in [0.05, 0.1) is 0 Å². The highest BCUT2D eigenvalue weighted by Gasteiger charge is 2.12.